The van der Waals surface area contributed by atoms with Gasteiger partial charge >= 0.3 is 5.97 Å². The third-order valence-electron chi connectivity index (χ3n) is 2.25. The van der Waals surface area contributed by atoms with Gasteiger partial charge in [-0.25, -0.2) is 0 Å². The number of hydrogen-bond donors (Lipinski definition) is 1. The van der Waals surface area contributed by atoms with Gasteiger partial charge in [-0.2, -0.15) is 0 Å². The zero-order chi connectivity index (χ0) is 11.4. The first kappa shape index (κ1) is 14.7. The molecule has 0 amide bonds. The van der Waals surface area contributed by atoms with E-state index in [1.165, 1.54) is 7.11 Å². The number of carbonyl (C=O) groups is 1. The SMILES string of the molecule is COC(=O)[C@@H](N)c1ccc(C)c(OC)c1.Cl. The maximum absolute atomic E-state index is 11.2. The van der Waals surface area contributed by atoms with E-state index in [2.05, 4.69) is 4.74 Å². The summed E-state index contributed by atoms with van der Waals surface area (Å²) in [6.45, 7) is 1.92. The molecule has 0 aliphatic heterocycles. The van der Waals surface area contributed by atoms with E-state index in [9.17, 15) is 4.79 Å². The van der Waals surface area contributed by atoms with Crippen LogP contribution in [0.15, 0.2) is 18.2 Å². The van der Waals surface area contributed by atoms with Crippen molar-refractivity contribution in [1.29, 1.82) is 0 Å². The number of halogens is 1. The molecule has 5 heteroatoms. The molecule has 0 spiro atoms. The summed E-state index contributed by atoms with van der Waals surface area (Å²) in [6, 6.07) is 4.64. The summed E-state index contributed by atoms with van der Waals surface area (Å²) in [5.74, 6) is 0.257. The van der Waals surface area contributed by atoms with E-state index < -0.39 is 12.0 Å². The van der Waals surface area contributed by atoms with E-state index in [0.29, 0.717) is 11.3 Å². The summed E-state index contributed by atoms with van der Waals surface area (Å²) < 4.78 is 9.71. The standard InChI is InChI=1S/C11H15NO3.ClH/c1-7-4-5-8(6-9(7)14-2)10(12)11(13)15-3;/h4-6,10H,12H2,1-3H3;1H/t10-;/m0./s1. The third kappa shape index (κ3) is 3.12. The highest BCUT2D eigenvalue weighted by Gasteiger charge is 2.16. The molecule has 0 fully saturated rings. The summed E-state index contributed by atoms with van der Waals surface area (Å²) in [7, 11) is 2.89. The molecule has 1 aromatic rings. The van der Waals surface area contributed by atoms with Crippen molar-refractivity contribution in [2.24, 2.45) is 5.73 Å². The van der Waals surface area contributed by atoms with Crippen LogP contribution in [0.1, 0.15) is 17.2 Å². The molecule has 0 aliphatic rings. The molecule has 90 valence electrons. The summed E-state index contributed by atoms with van der Waals surface area (Å²) in [6.07, 6.45) is 0. The zero-order valence-electron chi connectivity index (χ0n) is 9.52. The van der Waals surface area contributed by atoms with Crippen LogP contribution in [-0.2, 0) is 9.53 Å². The lowest BCUT2D eigenvalue weighted by atomic mass is 10.1. The van der Waals surface area contributed by atoms with Crippen LogP contribution in [0, 0.1) is 6.92 Å². The fraction of sp³-hybridized carbons (Fsp3) is 0.364. The molecular formula is C11H16ClNO3. The molecule has 0 bridgehead atoms. The topological polar surface area (TPSA) is 61.5 Å². The Balaban J connectivity index is 0.00000225. The lowest BCUT2D eigenvalue weighted by molar-refractivity contribution is -0.142. The van der Waals surface area contributed by atoms with Gasteiger partial charge in [0, 0.05) is 0 Å². The van der Waals surface area contributed by atoms with Crippen molar-refractivity contribution in [3.05, 3.63) is 29.3 Å². The van der Waals surface area contributed by atoms with E-state index in [1.807, 2.05) is 13.0 Å². The Kier molecular flexibility index (Phi) is 5.85. The highest BCUT2D eigenvalue weighted by Crippen LogP contribution is 2.22. The fourth-order valence-electron chi connectivity index (χ4n) is 1.29. The van der Waals surface area contributed by atoms with Gasteiger partial charge in [0.15, 0.2) is 0 Å². The number of rotatable bonds is 3. The Bertz CT molecular complexity index is 368. The quantitative estimate of drug-likeness (QED) is 0.822. The van der Waals surface area contributed by atoms with E-state index in [0.717, 1.165) is 5.56 Å². The molecule has 1 atom stereocenters. The van der Waals surface area contributed by atoms with E-state index in [4.69, 9.17) is 10.5 Å². The zero-order valence-corrected chi connectivity index (χ0v) is 10.3. The summed E-state index contributed by atoms with van der Waals surface area (Å²) in [5.41, 5.74) is 7.38. The van der Waals surface area contributed by atoms with Crippen LogP contribution >= 0.6 is 12.4 Å². The van der Waals surface area contributed by atoms with Crippen molar-refractivity contribution in [3.63, 3.8) is 0 Å². The molecule has 2 N–H and O–H groups in total. The second-order valence-electron chi connectivity index (χ2n) is 3.23. The smallest absolute Gasteiger partial charge is 0.327 e. The molecule has 1 rings (SSSR count). The van der Waals surface area contributed by atoms with Crippen LogP contribution < -0.4 is 10.5 Å². The first-order chi connectivity index (χ1) is 7.10. The van der Waals surface area contributed by atoms with E-state index >= 15 is 0 Å². The first-order valence-electron chi connectivity index (χ1n) is 4.58. The van der Waals surface area contributed by atoms with Gasteiger partial charge in [0.2, 0.25) is 0 Å². The molecule has 0 saturated carbocycles. The van der Waals surface area contributed by atoms with Gasteiger partial charge in [0.1, 0.15) is 11.8 Å². The monoisotopic (exact) mass is 245 g/mol. The van der Waals surface area contributed by atoms with Gasteiger partial charge in [0.05, 0.1) is 14.2 Å². The average Bonchev–Trinajstić information content (AvgIpc) is 2.27. The molecule has 1 aromatic carbocycles. The number of benzene rings is 1. The van der Waals surface area contributed by atoms with Crippen LogP contribution in [-0.4, -0.2) is 20.2 Å². The van der Waals surface area contributed by atoms with Crippen LogP contribution in [0.4, 0.5) is 0 Å². The van der Waals surface area contributed by atoms with Gasteiger partial charge in [-0.05, 0) is 24.1 Å². The molecule has 0 saturated heterocycles. The lowest BCUT2D eigenvalue weighted by Crippen LogP contribution is -2.22. The molecule has 0 aromatic heterocycles. The van der Waals surface area contributed by atoms with Crippen LogP contribution in [0.25, 0.3) is 0 Å². The maximum Gasteiger partial charge on any atom is 0.327 e. The number of carbonyl (C=O) groups excluding carboxylic acids is 1. The normalized spacial score (nSPS) is 11.2. The lowest BCUT2D eigenvalue weighted by Gasteiger charge is -2.12. The third-order valence-corrected chi connectivity index (χ3v) is 2.25. The van der Waals surface area contributed by atoms with Crippen molar-refractivity contribution in [2.45, 2.75) is 13.0 Å². The Labute approximate surface area is 101 Å². The summed E-state index contributed by atoms with van der Waals surface area (Å²) >= 11 is 0. The van der Waals surface area contributed by atoms with E-state index in [1.54, 1.807) is 19.2 Å². The van der Waals surface area contributed by atoms with Crippen molar-refractivity contribution < 1.29 is 14.3 Å². The molecule has 4 nitrogen and oxygen atoms in total. The van der Waals surface area contributed by atoms with E-state index in [-0.39, 0.29) is 12.4 Å². The second kappa shape index (κ2) is 6.35. The number of esters is 1. The Morgan fingerprint density at radius 2 is 2.00 bits per heavy atom. The minimum absolute atomic E-state index is 0. The molecule has 0 heterocycles. The molecule has 0 aliphatic carbocycles. The molecule has 0 radical (unpaired) electrons. The van der Waals surface area contributed by atoms with Crippen molar-refractivity contribution in [2.75, 3.05) is 14.2 Å². The second-order valence-corrected chi connectivity index (χ2v) is 3.23. The van der Waals surface area contributed by atoms with Gasteiger partial charge in [-0.1, -0.05) is 12.1 Å². The number of hydrogen-bond acceptors (Lipinski definition) is 4. The van der Waals surface area contributed by atoms with Crippen molar-refractivity contribution >= 4 is 18.4 Å². The van der Waals surface area contributed by atoms with Gasteiger partial charge < -0.3 is 15.2 Å². The van der Waals surface area contributed by atoms with Gasteiger partial charge in [-0.15, -0.1) is 12.4 Å². The Hall–Kier alpha value is -1.26. The predicted octanol–water partition coefficient (Wildman–Crippen LogP) is 1.60. The van der Waals surface area contributed by atoms with Crippen molar-refractivity contribution in [1.82, 2.24) is 0 Å². The van der Waals surface area contributed by atoms with Crippen LogP contribution in [0.5, 0.6) is 5.75 Å². The predicted molar refractivity (Wildman–Crippen MR) is 63.9 cm³/mol. The number of aryl methyl sites for hydroxylation is 1. The van der Waals surface area contributed by atoms with Crippen LogP contribution in [0.2, 0.25) is 0 Å². The number of methoxy groups -OCH3 is 2. The van der Waals surface area contributed by atoms with Crippen molar-refractivity contribution in [3.8, 4) is 5.75 Å². The first-order valence-corrected chi connectivity index (χ1v) is 4.58. The number of ether oxygens (including phenoxy) is 2. The Morgan fingerprint density at radius 1 is 1.38 bits per heavy atom. The molecule has 16 heavy (non-hydrogen) atoms. The van der Waals surface area contributed by atoms with Crippen LogP contribution in [0.3, 0.4) is 0 Å². The average molecular weight is 246 g/mol. The minimum Gasteiger partial charge on any atom is -0.496 e. The van der Waals surface area contributed by atoms with Gasteiger partial charge in [0.25, 0.3) is 0 Å². The largest absolute Gasteiger partial charge is 0.496 e. The number of nitrogens with two attached hydrogens (primary N) is 1. The highest BCUT2D eigenvalue weighted by molar-refractivity contribution is 5.85. The Morgan fingerprint density at radius 3 is 2.50 bits per heavy atom. The highest BCUT2D eigenvalue weighted by atomic mass is 35.5. The maximum atomic E-state index is 11.2. The molecular weight excluding hydrogens is 230 g/mol. The fourth-order valence-corrected chi connectivity index (χ4v) is 1.29. The van der Waals surface area contributed by atoms with Gasteiger partial charge in [-0.3, -0.25) is 4.79 Å². The summed E-state index contributed by atoms with van der Waals surface area (Å²) in [5, 5.41) is 0. The minimum atomic E-state index is -0.760. The summed E-state index contributed by atoms with van der Waals surface area (Å²) in [4.78, 5) is 11.2. The molecule has 0 unspecified atom stereocenters.